The molecule has 67 heavy (non-hydrogen) atoms. The molecular weight excluding hydrogens is 807 g/mol. The van der Waals surface area contributed by atoms with Gasteiger partial charge in [0.25, 0.3) is 0 Å². The summed E-state index contributed by atoms with van der Waals surface area (Å²) in [5.41, 5.74) is 23.6. The van der Waals surface area contributed by atoms with Crippen LogP contribution in [-0.2, 0) is 16.2 Å². The minimum absolute atomic E-state index is 0.151. The lowest BCUT2D eigenvalue weighted by atomic mass is 9.65. The normalized spacial score (nSPS) is 18.6. The van der Waals surface area contributed by atoms with Gasteiger partial charge in [0.05, 0.1) is 10.8 Å². The van der Waals surface area contributed by atoms with Crippen LogP contribution < -0.4 is 4.90 Å². The first-order valence-electron chi connectivity index (χ1n) is 24.0. The van der Waals surface area contributed by atoms with Crippen molar-refractivity contribution in [3.63, 3.8) is 0 Å². The Balaban J connectivity index is 1.05. The van der Waals surface area contributed by atoms with Crippen LogP contribution in [0.4, 0.5) is 17.1 Å². The monoisotopic (exact) mass is 857 g/mol. The molecule has 0 radical (unpaired) electrons. The molecule has 0 saturated carbocycles. The SMILES string of the molecule is CC1C=CC2=C(C1)C(c1ccccc1)(c1ccc(N(c3ccc4c(c3)C(C)(C)c3ccccc3-4)c3ccc4c(c3)C(c3ccccc3)(c3ccccc3)c3ccccc3-4)cc1)c1ccccc12. The minimum Gasteiger partial charge on any atom is -0.310 e. The van der Waals surface area contributed by atoms with Crippen molar-refractivity contribution >= 4 is 22.6 Å². The summed E-state index contributed by atoms with van der Waals surface area (Å²) in [6.07, 6.45) is 5.81. The van der Waals surface area contributed by atoms with Gasteiger partial charge in [-0.3, -0.25) is 0 Å². The lowest BCUT2D eigenvalue weighted by molar-refractivity contribution is 0.622. The summed E-state index contributed by atoms with van der Waals surface area (Å²) >= 11 is 0. The standard InChI is InChI=1S/C66H51N/c1-44-31-38-56-53-26-14-18-30-60(53)66(62(56)41-44,47-23-11-6-12-24-47)48-32-34-49(35-33-48)67(50-36-39-55-52-25-13-16-28-58(52)64(2,3)61(55)42-50)51-37-40-57-54-27-15-17-29-59(54)65(63(57)43-51,45-19-7-4-8-20-45)46-21-9-5-10-22-46/h4-40,42-44H,41H2,1-3H3. The van der Waals surface area contributed by atoms with E-state index in [0.29, 0.717) is 5.92 Å². The second-order valence-electron chi connectivity index (χ2n) is 19.6. The van der Waals surface area contributed by atoms with Crippen LogP contribution in [0.2, 0.25) is 0 Å². The smallest absolute Gasteiger partial charge is 0.0714 e. The first-order valence-corrected chi connectivity index (χ1v) is 24.0. The highest BCUT2D eigenvalue weighted by Gasteiger charge is 2.49. The molecule has 0 amide bonds. The fourth-order valence-corrected chi connectivity index (χ4v) is 12.9. The Bertz CT molecular complexity index is 3430. The lowest BCUT2D eigenvalue weighted by Gasteiger charge is -2.38. The average Bonchev–Trinajstić information content (AvgIpc) is 3.94. The van der Waals surface area contributed by atoms with Gasteiger partial charge in [0.2, 0.25) is 0 Å². The van der Waals surface area contributed by atoms with Crippen LogP contribution in [0.15, 0.2) is 242 Å². The highest BCUT2D eigenvalue weighted by atomic mass is 15.1. The molecule has 9 aromatic carbocycles. The van der Waals surface area contributed by atoms with Crippen LogP contribution in [0.25, 0.3) is 27.8 Å². The molecule has 0 N–H and O–H groups in total. The number of benzene rings is 9. The van der Waals surface area contributed by atoms with Crippen molar-refractivity contribution in [1.29, 1.82) is 0 Å². The second-order valence-corrected chi connectivity index (χ2v) is 19.6. The Kier molecular flexibility index (Phi) is 8.80. The fourth-order valence-electron chi connectivity index (χ4n) is 12.9. The van der Waals surface area contributed by atoms with Crippen LogP contribution >= 0.6 is 0 Å². The summed E-state index contributed by atoms with van der Waals surface area (Å²) < 4.78 is 0. The van der Waals surface area contributed by atoms with Gasteiger partial charge in [0.1, 0.15) is 0 Å². The maximum absolute atomic E-state index is 2.51. The Morgan fingerprint density at radius 1 is 0.373 bits per heavy atom. The third-order valence-corrected chi connectivity index (χ3v) is 15.8. The zero-order valence-electron chi connectivity index (χ0n) is 38.2. The van der Waals surface area contributed by atoms with E-state index in [1.807, 2.05) is 0 Å². The molecule has 0 bridgehead atoms. The van der Waals surface area contributed by atoms with Gasteiger partial charge in [0, 0.05) is 22.5 Å². The number of nitrogens with zero attached hydrogens (tertiary/aromatic N) is 1. The largest absolute Gasteiger partial charge is 0.310 e. The summed E-state index contributed by atoms with van der Waals surface area (Å²) in [4.78, 5) is 2.51. The van der Waals surface area contributed by atoms with E-state index in [2.05, 4.69) is 262 Å². The maximum atomic E-state index is 2.51. The number of rotatable bonds is 7. The summed E-state index contributed by atoms with van der Waals surface area (Å²) in [7, 11) is 0. The van der Waals surface area contributed by atoms with Gasteiger partial charge in [-0.15, -0.1) is 0 Å². The topological polar surface area (TPSA) is 3.24 Å². The van der Waals surface area contributed by atoms with Gasteiger partial charge in [0.15, 0.2) is 0 Å². The molecule has 0 aliphatic heterocycles. The predicted molar refractivity (Wildman–Crippen MR) is 279 cm³/mol. The third kappa shape index (κ3) is 5.55. The molecule has 13 rings (SSSR count). The van der Waals surface area contributed by atoms with E-state index in [9.17, 15) is 0 Å². The Labute approximate surface area is 395 Å². The van der Waals surface area contributed by atoms with Crippen LogP contribution in [-0.4, -0.2) is 0 Å². The molecule has 0 saturated heterocycles. The first-order chi connectivity index (χ1) is 32.9. The fraction of sp³-hybridized carbons (Fsp3) is 0.121. The molecule has 4 aliphatic carbocycles. The highest BCUT2D eigenvalue weighted by Crippen LogP contribution is 2.60. The van der Waals surface area contributed by atoms with Crippen molar-refractivity contribution in [2.24, 2.45) is 5.92 Å². The van der Waals surface area contributed by atoms with E-state index in [0.717, 1.165) is 23.5 Å². The third-order valence-electron chi connectivity index (χ3n) is 15.8. The Morgan fingerprint density at radius 2 is 0.791 bits per heavy atom. The molecule has 1 nitrogen and oxygen atoms in total. The molecule has 0 heterocycles. The summed E-state index contributed by atoms with van der Waals surface area (Å²) in [5, 5.41) is 0. The van der Waals surface area contributed by atoms with Gasteiger partial charge in [-0.1, -0.05) is 221 Å². The van der Waals surface area contributed by atoms with Crippen molar-refractivity contribution in [3.8, 4) is 22.3 Å². The van der Waals surface area contributed by atoms with Gasteiger partial charge < -0.3 is 4.90 Å². The molecule has 2 unspecified atom stereocenters. The van der Waals surface area contributed by atoms with Crippen molar-refractivity contribution in [1.82, 2.24) is 0 Å². The summed E-state index contributed by atoms with van der Waals surface area (Å²) in [6.45, 7) is 7.12. The van der Waals surface area contributed by atoms with E-state index in [1.54, 1.807) is 0 Å². The first kappa shape index (κ1) is 39.6. The predicted octanol–water partition coefficient (Wildman–Crippen LogP) is 16.5. The van der Waals surface area contributed by atoms with E-state index < -0.39 is 10.8 Å². The van der Waals surface area contributed by atoms with Crippen molar-refractivity contribution in [2.75, 3.05) is 4.90 Å². The zero-order valence-corrected chi connectivity index (χ0v) is 38.2. The molecule has 320 valence electrons. The molecule has 1 heteroatoms. The Morgan fingerprint density at radius 3 is 1.39 bits per heavy atom. The molecule has 0 spiro atoms. The van der Waals surface area contributed by atoms with Crippen LogP contribution in [0.5, 0.6) is 0 Å². The molecule has 2 atom stereocenters. The number of anilines is 3. The van der Waals surface area contributed by atoms with E-state index in [4.69, 9.17) is 0 Å². The van der Waals surface area contributed by atoms with Crippen molar-refractivity contribution < 1.29 is 0 Å². The molecule has 4 aliphatic rings. The second kappa shape index (κ2) is 14.9. The molecule has 0 fully saturated rings. The van der Waals surface area contributed by atoms with E-state index >= 15 is 0 Å². The summed E-state index contributed by atoms with van der Waals surface area (Å²) in [5.74, 6) is 0.450. The number of allylic oxidation sites excluding steroid dienone is 4. The Hall–Kier alpha value is -7.74. The van der Waals surface area contributed by atoms with Gasteiger partial charge in [-0.25, -0.2) is 0 Å². The van der Waals surface area contributed by atoms with Crippen molar-refractivity contribution in [3.05, 3.63) is 298 Å². The van der Waals surface area contributed by atoms with Crippen LogP contribution in [0.3, 0.4) is 0 Å². The maximum Gasteiger partial charge on any atom is 0.0714 e. The number of fused-ring (bicyclic) bond motifs is 8. The van der Waals surface area contributed by atoms with Crippen LogP contribution in [0.1, 0.15) is 82.8 Å². The van der Waals surface area contributed by atoms with E-state index in [1.165, 1.54) is 89.0 Å². The van der Waals surface area contributed by atoms with Gasteiger partial charge in [-0.05, 0) is 138 Å². The highest BCUT2D eigenvalue weighted by molar-refractivity contribution is 5.93. The summed E-state index contributed by atoms with van der Waals surface area (Å²) in [6, 6.07) is 84.8. The van der Waals surface area contributed by atoms with Gasteiger partial charge >= 0.3 is 0 Å². The molecule has 9 aromatic rings. The lowest BCUT2D eigenvalue weighted by Crippen LogP contribution is -2.31. The quantitative estimate of drug-likeness (QED) is 0.154. The zero-order chi connectivity index (χ0) is 44.9. The van der Waals surface area contributed by atoms with Gasteiger partial charge in [-0.2, -0.15) is 0 Å². The minimum atomic E-state index is -0.517. The average molecular weight is 858 g/mol. The number of hydrogen-bond donors (Lipinski definition) is 0. The molecule has 0 aromatic heterocycles. The van der Waals surface area contributed by atoms with Crippen molar-refractivity contribution in [2.45, 2.75) is 43.4 Å². The number of hydrogen-bond acceptors (Lipinski definition) is 1. The van der Waals surface area contributed by atoms with Crippen LogP contribution in [0, 0.1) is 5.92 Å². The molecular formula is C66H51N. The van der Waals surface area contributed by atoms with E-state index in [-0.39, 0.29) is 5.41 Å².